The smallest absolute Gasteiger partial charge is 0.153 e. The van der Waals surface area contributed by atoms with Gasteiger partial charge in [0.15, 0.2) is 9.84 Å². The average Bonchev–Trinajstić information content (AvgIpc) is 2.27. The molecule has 6 heteroatoms. The molecular weight excluding hydrogens is 269 g/mol. The third-order valence-corrected chi connectivity index (χ3v) is 5.31. The summed E-state index contributed by atoms with van der Waals surface area (Å²) in [7, 11) is -3.19. The van der Waals surface area contributed by atoms with E-state index in [0.717, 1.165) is 0 Å². The lowest BCUT2D eigenvalue weighted by Gasteiger charge is -2.23. The van der Waals surface area contributed by atoms with Crippen LogP contribution in [-0.4, -0.2) is 37.6 Å². The normalized spacial score (nSPS) is 14.4. The van der Waals surface area contributed by atoms with Crippen LogP contribution in [-0.2, 0) is 9.84 Å². The zero-order valence-electron chi connectivity index (χ0n) is 11.4. The highest BCUT2D eigenvalue weighted by atomic mass is 32.2. The monoisotopic (exact) mass is 289 g/mol. The third-order valence-electron chi connectivity index (χ3n) is 3.16. The van der Waals surface area contributed by atoms with Crippen molar-refractivity contribution in [3.8, 4) is 0 Å². The van der Waals surface area contributed by atoms with Crippen molar-refractivity contribution in [3.05, 3.63) is 35.6 Å². The number of hydrogen-bond donors (Lipinski definition) is 2. The minimum atomic E-state index is -3.19. The molecule has 108 valence electrons. The Morgan fingerprint density at radius 1 is 1.37 bits per heavy atom. The van der Waals surface area contributed by atoms with Gasteiger partial charge < -0.3 is 10.4 Å². The van der Waals surface area contributed by atoms with Crippen LogP contribution in [0.5, 0.6) is 0 Å². The highest BCUT2D eigenvalue weighted by Gasteiger charge is 2.29. The summed E-state index contributed by atoms with van der Waals surface area (Å²) in [6, 6.07) is 5.97. The first-order valence-corrected chi connectivity index (χ1v) is 7.87. The second-order valence-electron chi connectivity index (χ2n) is 5.20. The Morgan fingerprint density at radius 3 is 2.47 bits per heavy atom. The van der Waals surface area contributed by atoms with Crippen molar-refractivity contribution >= 4 is 9.84 Å². The van der Waals surface area contributed by atoms with Gasteiger partial charge in [-0.3, -0.25) is 0 Å². The minimum absolute atomic E-state index is 0.0971. The van der Waals surface area contributed by atoms with E-state index in [1.165, 1.54) is 18.4 Å². The van der Waals surface area contributed by atoms with Crippen LogP contribution in [0.15, 0.2) is 24.3 Å². The maximum absolute atomic E-state index is 13.4. The molecule has 1 unspecified atom stereocenters. The molecule has 0 radical (unpaired) electrons. The highest BCUT2D eigenvalue weighted by molar-refractivity contribution is 7.92. The summed E-state index contributed by atoms with van der Waals surface area (Å²) >= 11 is 0. The van der Waals surface area contributed by atoms with E-state index in [1.54, 1.807) is 26.0 Å². The average molecular weight is 289 g/mol. The van der Waals surface area contributed by atoms with Gasteiger partial charge in [0, 0.05) is 24.9 Å². The van der Waals surface area contributed by atoms with Gasteiger partial charge in [0.25, 0.3) is 0 Å². The van der Waals surface area contributed by atoms with Gasteiger partial charge in [-0.05, 0) is 19.9 Å². The van der Waals surface area contributed by atoms with E-state index in [2.05, 4.69) is 5.32 Å². The Kier molecular flexibility index (Phi) is 5.06. The van der Waals surface area contributed by atoms with Gasteiger partial charge in [0.1, 0.15) is 5.82 Å². The first-order chi connectivity index (χ1) is 8.65. The number of nitrogens with one attached hydrogen (secondary N) is 1. The lowest BCUT2D eigenvalue weighted by Crippen LogP contribution is -2.42. The number of rotatable bonds is 6. The van der Waals surface area contributed by atoms with Crippen LogP contribution in [0.1, 0.15) is 25.5 Å². The summed E-state index contributed by atoms with van der Waals surface area (Å²) < 4.78 is 35.5. The molecule has 0 aliphatic carbocycles. The van der Waals surface area contributed by atoms with Crippen LogP contribution in [0.3, 0.4) is 0 Å². The Balaban J connectivity index is 2.57. The second-order valence-corrected chi connectivity index (χ2v) is 7.85. The predicted octanol–water partition coefficient (Wildman–Crippen LogP) is 1.27. The van der Waals surface area contributed by atoms with Gasteiger partial charge >= 0.3 is 0 Å². The maximum atomic E-state index is 13.4. The Bertz CT molecular complexity index is 528. The van der Waals surface area contributed by atoms with Crippen molar-refractivity contribution in [2.45, 2.75) is 24.7 Å². The number of halogens is 1. The molecular formula is C13H20FNO3S. The SMILES string of the molecule is CC(C)(CNCC(O)c1ccccc1F)S(C)(=O)=O. The van der Waals surface area contributed by atoms with E-state index in [4.69, 9.17) is 0 Å². The molecule has 0 saturated heterocycles. The minimum Gasteiger partial charge on any atom is -0.387 e. The van der Waals surface area contributed by atoms with Gasteiger partial charge in [-0.2, -0.15) is 0 Å². The van der Waals surface area contributed by atoms with E-state index in [-0.39, 0.29) is 18.7 Å². The van der Waals surface area contributed by atoms with Crippen LogP contribution >= 0.6 is 0 Å². The zero-order valence-corrected chi connectivity index (χ0v) is 12.2. The molecule has 1 atom stereocenters. The fourth-order valence-electron chi connectivity index (χ4n) is 1.50. The number of benzene rings is 1. The summed E-state index contributed by atoms with van der Waals surface area (Å²) in [6.07, 6.45) is 0.165. The fourth-order valence-corrected chi connectivity index (χ4v) is 1.86. The van der Waals surface area contributed by atoms with Gasteiger partial charge in [-0.1, -0.05) is 18.2 Å². The van der Waals surface area contributed by atoms with Crippen LogP contribution in [0, 0.1) is 5.82 Å². The van der Waals surface area contributed by atoms with Crippen molar-refractivity contribution in [3.63, 3.8) is 0 Å². The summed E-state index contributed by atoms with van der Waals surface area (Å²) in [6.45, 7) is 3.49. The highest BCUT2D eigenvalue weighted by Crippen LogP contribution is 2.17. The lowest BCUT2D eigenvalue weighted by atomic mass is 10.1. The number of aliphatic hydroxyl groups excluding tert-OH is 1. The topological polar surface area (TPSA) is 66.4 Å². The van der Waals surface area contributed by atoms with Crippen LogP contribution in [0.2, 0.25) is 0 Å². The van der Waals surface area contributed by atoms with E-state index in [9.17, 15) is 17.9 Å². The van der Waals surface area contributed by atoms with Crippen molar-refractivity contribution in [2.75, 3.05) is 19.3 Å². The van der Waals surface area contributed by atoms with Crippen molar-refractivity contribution in [2.24, 2.45) is 0 Å². The fraction of sp³-hybridized carbons (Fsp3) is 0.538. The Morgan fingerprint density at radius 2 is 1.95 bits per heavy atom. The molecule has 0 aromatic heterocycles. The van der Waals surface area contributed by atoms with E-state index < -0.39 is 26.5 Å². The molecule has 0 aliphatic heterocycles. The molecule has 1 rings (SSSR count). The first-order valence-electron chi connectivity index (χ1n) is 5.98. The second kappa shape index (κ2) is 5.98. The Labute approximate surface area is 113 Å². The van der Waals surface area contributed by atoms with Gasteiger partial charge in [-0.25, -0.2) is 12.8 Å². The summed E-state index contributed by atoms with van der Waals surface area (Å²) in [5.41, 5.74) is 0.201. The molecule has 2 N–H and O–H groups in total. The number of sulfone groups is 1. The van der Waals surface area contributed by atoms with E-state index in [0.29, 0.717) is 0 Å². The zero-order chi connectivity index (χ0) is 14.7. The standard InChI is InChI=1S/C13H20FNO3S/c1-13(2,19(3,17)18)9-15-8-12(16)10-6-4-5-7-11(10)14/h4-7,12,15-16H,8-9H2,1-3H3. The van der Waals surface area contributed by atoms with Crippen LogP contribution in [0.4, 0.5) is 4.39 Å². The van der Waals surface area contributed by atoms with Gasteiger partial charge in [0.2, 0.25) is 0 Å². The Hall–Kier alpha value is -0.980. The molecule has 0 spiro atoms. The third kappa shape index (κ3) is 4.26. The molecule has 0 heterocycles. The van der Waals surface area contributed by atoms with Gasteiger partial charge in [-0.15, -0.1) is 0 Å². The van der Waals surface area contributed by atoms with E-state index in [1.807, 2.05) is 0 Å². The van der Waals surface area contributed by atoms with Crippen molar-refractivity contribution in [1.29, 1.82) is 0 Å². The summed E-state index contributed by atoms with van der Waals surface area (Å²) in [5, 5.41) is 12.7. The summed E-state index contributed by atoms with van der Waals surface area (Å²) in [4.78, 5) is 0. The predicted molar refractivity (Wildman–Crippen MR) is 73.2 cm³/mol. The largest absolute Gasteiger partial charge is 0.387 e. The molecule has 4 nitrogen and oxygen atoms in total. The number of hydrogen-bond acceptors (Lipinski definition) is 4. The molecule has 0 bridgehead atoms. The van der Waals surface area contributed by atoms with E-state index >= 15 is 0 Å². The lowest BCUT2D eigenvalue weighted by molar-refractivity contribution is 0.169. The van der Waals surface area contributed by atoms with Crippen LogP contribution < -0.4 is 5.32 Å². The van der Waals surface area contributed by atoms with Crippen molar-refractivity contribution in [1.82, 2.24) is 5.32 Å². The molecule has 0 amide bonds. The number of aliphatic hydroxyl groups is 1. The van der Waals surface area contributed by atoms with Crippen molar-refractivity contribution < 1.29 is 17.9 Å². The molecule has 0 fully saturated rings. The molecule has 0 saturated carbocycles. The maximum Gasteiger partial charge on any atom is 0.153 e. The quantitative estimate of drug-likeness (QED) is 0.828. The first kappa shape index (κ1) is 16.1. The van der Waals surface area contributed by atoms with Crippen LogP contribution in [0.25, 0.3) is 0 Å². The molecule has 19 heavy (non-hydrogen) atoms. The molecule has 0 aliphatic rings. The molecule has 1 aromatic carbocycles. The summed E-state index contributed by atoms with van der Waals surface area (Å²) in [5.74, 6) is -0.473. The van der Waals surface area contributed by atoms with Gasteiger partial charge in [0.05, 0.1) is 10.9 Å². The molecule has 1 aromatic rings.